The molecule has 1 aromatic carbocycles. The number of non-ortho nitro benzene ring substituents is 1. The van der Waals surface area contributed by atoms with Crippen LogP contribution in [0.2, 0.25) is 0 Å². The van der Waals surface area contributed by atoms with Crippen LogP contribution in [0.5, 0.6) is 0 Å². The standard InChI is InChI=1S/C8H5BrN2O2.C5H10O2/c9-7-4-10-8-2-1-5(11(12)13)3-6(7)8;1-5(2,3)7-4-6/h1-4,10H;4H,1-3H3. The lowest BCUT2D eigenvalue weighted by Crippen LogP contribution is -2.17. The van der Waals surface area contributed by atoms with Crippen molar-refractivity contribution in [2.24, 2.45) is 0 Å². The van der Waals surface area contributed by atoms with E-state index in [1.165, 1.54) is 12.1 Å². The first kappa shape index (κ1) is 16.2. The Balaban J connectivity index is 0.000000246. The van der Waals surface area contributed by atoms with Crippen LogP contribution in [0.4, 0.5) is 5.69 Å². The van der Waals surface area contributed by atoms with Crippen LogP contribution in [0.15, 0.2) is 28.9 Å². The van der Waals surface area contributed by atoms with Crippen LogP contribution in [0.1, 0.15) is 20.8 Å². The van der Waals surface area contributed by atoms with E-state index in [4.69, 9.17) is 0 Å². The maximum Gasteiger partial charge on any atom is 0.293 e. The number of hydrogen-bond donors (Lipinski definition) is 1. The number of hydrogen-bond acceptors (Lipinski definition) is 4. The van der Waals surface area contributed by atoms with Crippen molar-refractivity contribution in [1.29, 1.82) is 0 Å². The lowest BCUT2D eigenvalue weighted by molar-refractivity contribution is -0.384. The molecule has 108 valence electrons. The summed E-state index contributed by atoms with van der Waals surface area (Å²) in [5.74, 6) is 0. The molecule has 0 unspecified atom stereocenters. The zero-order chi connectivity index (χ0) is 15.3. The minimum Gasteiger partial charge on any atom is -0.462 e. The van der Waals surface area contributed by atoms with Crippen molar-refractivity contribution < 1.29 is 14.5 Å². The fraction of sp³-hybridized carbons (Fsp3) is 0.308. The number of nitrogens with zero attached hydrogens (tertiary/aromatic N) is 1. The minimum atomic E-state index is -0.404. The zero-order valence-corrected chi connectivity index (χ0v) is 12.9. The number of aromatic amines is 1. The van der Waals surface area contributed by atoms with Crippen LogP contribution < -0.4 is 0 Å². The van der Waals surface area contributed by atoms with Gasteiger partial charge in [-0.05, 0) is 42.8 Å². The number of benzene rings is 1. The second-order valence-electron chi connectivity index (χ2n) is 4.95. The summed E-state index contributed by atoms with van der Waals surface area (Å²) in [7, 11) is 0. The highest BCUT2D eigenvalue weighted by atomic mass is 79.9. The van der Waals surface area contributed by atoms with E-state index in [1.54, 1.807) is 12.3 Å². The van der Waals surface area contributed by atoms with Gasteiger partial charge in [0.05, 0.1) is 4.92 Å². The van der Waals surface area contributed by atoms with E-state index in [9.17, 15) is 14.9 Å². The SMILES string of the molecule is CC(C)(C)OC=O.O=[N+]([O-])c1ccc2[nH]cc(Br)c2c1. The highest BCUT2D eigenvalue weighted by Crippen LogP contribution is 2.26. The molecule has 6 nitrogen and oxygen atoms in total. The van der Waals surface area contributed by atoms with Crippen molar-refractivity contribution in [2.45, 2.75) is 26.4 Å². The third-order valence-electron chi connectivity index (χ3n) is 2.23. The van der Waals surface area contributed by atoms with Gasteiger partial charge in [-0.1, -0.05) is 0 Å². The van der Waals surface area contributed by atoms with Crippen LogP contribution in [0.3, 0.4) is 0 Å². The first-order valence-corrected chi connectivity index (χ1v) is 6.56. The number of carbonyl (C=O) groups excluding carboxylic acids is 1. The topological polar surface area (TPSA) is 85.2 Å². The van der Waals surface area contributed by atoms with Gasteiger partial charge in [-0.2, -0.15) is 0 Å². The summed E-state index contributed by atoms with van der Waals surface area (Å²) in [4.78, 5) is 22.6. The van der Waals surface area contributed by atoms with Gasteiger partial charge in [-0.15, -0.1) is 0 Å². The molecule has 0 fully saturated rings. The zero-order valence-electron chi connectivity index (χ0n) is 11.3. The maximum absolute atomic E-state index is 10.5. The summed E-state index contributed by atoms with van der Waals surface area (Å²) < 4.78 is 5.39. The lowest BCUT2D eigenvalue weighted by Gasteiger charge is -2.14. The molecule has 2 aromatic rings. The van der Waals surface area contributed by atoms with Crippen molar-refractivity contribution in [3.05, 3.63) is 39.0 Å². The Bertz CT molecular complexity index is 616. The smallest absolute Gasteiger partial charge is 0.293 e. The molecule has 1 N–H and O–H groups in total. The molecule has 0 atom stereocenters. The van der Waals surface area contributed by atoms with Gasteiger partial charge >= 0.3 is 0 Å². The highest BCUT2D eigenvalue weighted by molar-refractivity contribution is 9.10. The third-order valence-corrected chi connectivity index (χ3v) is 2.88. The maximum atomic E-state index is 10.5. The van der Waals surface area contributed by atoms with Gasteiger partial charge in [-0.25, -0.2) is 0 Å². The number of carbonyl (C=O) groups is 1. The summed E-state index contributed by atoms with van der Waals surface area (Å²) in [5, 5.41) is 11.3. The number of ether oxygens (including phenoxy) is 1. The van der Waals surface area contributed by atoms with Crippen LogP contribution in [0, 0.1) is 10.1 Å². The fourth-order valence-electron chi connectivity index (χ4n) is 1.33. The quantitative estimate of drug-likeness (QED) is 0.511. The summed E-state index contributed by atoms with van der Waals surface area (Å²) in [6, 6.07) is 4.71. The van der Waals surface area contributed by atoms with Crippen LogP contribution >= 0.6 is 15.9 Å². The number of halogens is 1. The van der Waals surface area contributed by atoms with Gasteiger partial charge in [0.15, 0.2) is 0 Å². The van der Waals surface area contributed by atoms with Gasteiger partial charge in [0.2, 0.25) is 0 Å². The Labute approximate surface area is 124 Å². The van der Waals surface area contributed by atoms with Crippen LogP contribution in [-0.2, 0) is 9.53 Å². The van der Waals surface area contributed by atoms with Gasteiger partial charge in [0.25, 0.3) is 12.2 Å². The van der Waals surface area contributed by atoms with E-state index in [0.717, 1.165) is 15.4 Å². The Morgan fingerprint density at radius 2 is 2.05 bits per heavy atom. The Hall–Kier alpha value is -1.89. The number of fused-ring (bicyclic) bond motifs is 1. The minimum absolute atomic E-state index is 0.104. The Kier molecular flexibility index (Phi) is 5.26. The summed E-state index contributed by atoms with van der Waals surface area (Å²) in [5.41, 5.74) is 0.673. The molecule has 0 radical (unpaired) electrons. The van der Waals surface area contributed by atoms with Crippen molar-refractivity contribution in [3.63, 3.8) is 0 Å². The van der Waals surface area contributed by atoms with E-state index < -0.39 is 4.92 Å². The molecule has 0 spiro atoms. The fourth-order valence-corrected chi connectivity index (χ4v) is 1.77. The number of nitro benzene ring substituents is 1. The number of nitrogens with one attached hydrogen (secondary N) is 1. The molecule has 1 heterocycles. The molecule has 1 aromatic heterocycles. The van der Waals surface area contributed by atoms with E-state index >= 15 is 0 Å². The molecule has 0 aliphatic carbocycles. The second-order valence-corrected chi connectivity index (χ2v) is 5.80. The van der Waals surface area contributed by atoms with Crippen molar-refractivity contribution >= 4 is 39.0 Å². The highest BCUT2D eigenvalue weighted by Gasteiger charge is 2.08. The molecule has 20 heavy (non-hydrogen) atoms. The van der Waals surface area contributed by atoms with Gasteiger partial charge < -0.3 is 9.72 Å². The van der Waals surface area contributed by atoms with Gasteiger partial charge in [0.1, 0.15) is 5.60 Å². The summed E-state index contributed by atoms with van der Waals surface area (Å²) in [6.45, 7) is 5.92. The first-order chi connectivity index (χ1) is 9.24. The van der Waals surface area contributed by atoms with Crippen molar-refractivity contribution in [1.82, 2.24) is 4.98 Å². The molecular formula is C13H15BrN2O4. The van der Waals surface area contributed by atoms with E-state index in [2.05, 4.69) is 25.7 Å². The van der Waals surface area contributed by atoms with Gasteiger partial charge in [-0.3, -0.25) is 14.9 Å². The summed E-state index contributed by atoms with van der Waals surface area (Å²) in [6.07, 6.45) is 1.76. The average molecular weight is 343 g/mol. The van der Waals surface area contributed by atoms with E-state index in [0.29, 0.717) is 6.47 Å². The average Bonchev–Trinajstić information content (AvgIpc) is 2.70. The predicted octanol–water partition coefficient (Wildman–Crippen LogP) is 3.80. The first-order valence-electron chi connectivity index (χ1n) is 5.77. The molecule has 0 bridgehead atoms. The van der Waals surface area contributed by atoms with E-state index in [-0.39, 0.29) is 11.3 Å². The largest absolute Gasteiger partial charge is 0.462 e. The van der Waals surface area contributed by atoms with Gasteiger partial charge in [0, 0.05) is 33.7 Å². The molecule has 0 amide bonds. The number of rotatable bonds is 2. The number of H-pyrrole nitrogens is 1. The number of nitro groups is 1. The monoisotopic (exact) mass is 342 g/mol. The summed E-state index contributed by atoms with van der Waals surface area (Å²) >= 11 is 3.30. The molecule has 0 saturated carbocycles. The van der Waals surface area contributed by atoms with Crippen LogP contribution in [0.25, 0.3) is 10.9 Å². The molecule has 0 aliphatic rings. The van der Waals surface area contributed by atoms with E-state index in [1.807, 2.05) is 20.8 Å². The second kappa shape index (κ2) is 6.51. The third kappa shape index (κ3) is 4.65. The molecule has 2 rings (SSSR count). The predicted molar refractivity (Wildman–Crippen MR) is 79.6 cm³/mol. The normalized spacial score (nSPS) is 10.6. The van der Waals surface area contributed by atoms with Crippen molar-refractivity contribution in [2.75, 3.05) is 0 Å². The Morgan fingerprint density at radius 3 is 2.50 bits per heavy atom. The molecule has 0 aliphatic heterocycles. The van der Waals surface area contributed by atoms with Crippen LogP contribution in [-0.4, -0.2) is 22.0 Å². The molecule has 7 heteroatoms. The molecular weight excluding hydrogens is 328 g/mol. The Morgan fingerprint density at radius 1 is 1.40 bits per heavy atom. The van der Waals surface area contributed by atoms with Crippen molar-refractivity contribution in [3.8, 4) is 0 Å². The molecule has 0 saturated heterocycles. The lowest BCUT2D eigenvalue weighted by atomic mass is 10.2. The number of aromatic nitrogens is 1.